The minimum Gasteiger partial charge on any atom is -0.461 e. The minimum absolute atomic E-state index is 0.00141. The number of halogens is 1. The maximum absolute atomic E-state index is 5.96. The van der Waals surface area contributed by atoms with Crippen LogP contribution in [0.25, 0.3) is 0 Å². The second-order valence-electron chi connectivity index (χ2n) is 4.69. The summed E-state index contributed by atoms with van der Waals surface area (Å²) in [5, 5.41) is 6.13. The summed E-state index contributed by atoms with van der Waals surface area (Å²) in [5.74, 6) is 0.918. The van der Waals surface area contributed by atoms with Crippen molar-refractivity contribution in [1.29, 1.82) is 0 Å². The molecule has 2 N–H and O–H groups in total. The summed E-state index contributed by atoms with van der Waals surface area (Å²) >= 11 is 7.48. The van der Waals surface area contributed by atoms with Crippen molar-refractivity contribution in [2.75, 3.05) is 17.7 Å². The Labute approximate surface area is 132 Å². The van der Waals surface area contributed by atoms with Crippen LogP contribution in [0.2, 0.25) is 4.34 Å². The fourth-order valence-electron chi connectivity index (χ4n) is 1.62. The lowest BCUT2D eigenvalue weighted by Gasteiger charge is -2.14. The predicted molar refractivity (Wildman–Crippen MR) is 86.5 cm³/mol. The Morgan fingerprint density at radius 1 is 1.14 bits per heavy atom. The molecule has 2 aromatic heterocycles. The van der Waals surface area contributed by atoms with E-state index in [0.29, 0.717) is 17.9 Å². The molecule has 21 heavy (non-hydrogen) atoms. The van der Waals surface area contributed by atoms with E-state index in [-0.39, 0.29) is 12.1 Å². The van der Waals surface area contributed by atoms with Gasteiger partial charge in [-0.25, -0.2) is 0 Å². The highest BCUT2D eigenvalue weighted by Crippen LogP contribution is 2.28. The van der Waals surface area contributed by atoms with Gasteiger partial charge in [0.15, 0.2) is 0 Å². The molecule has 0 spiro atoms. The molecule has 0 aliphatic heterocycles. The number of thiophene rings is 1. The van der Waals surface area contributed by atoms with E-state index < -0.39 is 0 Å². The third kappa shape index (κ3) is 4.44. The molecule has 6 nitrogen and oxygen atoms in total. The highest BCUT2D eigenvalue weighted by Gasteiger charge is 2.13. The Hall–Kier alpha value is -1.60. The van der Waals surface area contributed by atoms with Gasteiger partial charge in [-0.15, -0.1) is 11.3 Å². The smallest absolute Gasteiger partial charge is 0.323 e. The average molecular weight is 328 g/mol. The summed E-state index contributed by atoms with van der Waals surface area (Å²) in [7, 11) is 1.75. The molecular formula is C13H18ClN5OS. The van der Waals surface area contributed by atoms with Crippen LogP contribution in [0.5, 0.6) is 6.01 Å². The van der Waals surface area contributed by atoms with Crippen molar-refractivity contribution < 1.29 is 4.74 Å². The van der Waals surface area contributed by atoms with Gasteiger partial charge in [0.05, 0.1) is 16.5 Å². The van der Waals surface area contributed by atoms with Crippen molar-refractivity contribution in [2.24, 2.45) is 0 Å². The number of nitrogens with zero attached hydrogens (tertiary/aromatic N) is 3. The lowest BCUT2D eigenvalue weighted by Crippen LogP contribution is -2.14. The predicted octanol–water partition coefficient (Wildman–Crippen LogP) is 3.59. The van der Waals surface area contributed by atoms with Crippen LogP contribution >= 0.6 is 22.9 Å². The number of nitrogens with one attached hydrogen (secondary N) is 2. The fourth-order valence-corrected chi connectivity index (χ4v) is 2.69. The Morgan fingerprint density at radius 2 is 1.86 bits per heavy atom. The molecule has 1 atom stereocenters. The SMILES string of the molecule is CNc1nc(NC(C)c2ccc(Cl)s2)nc(OC(C)C)n1. The first kappa shape index (κ1) is 15.8. The van der Waals surface area contributed by atoms with E-state index in [1.807, 2.05) is 32.9 Å². The molecular weight excluding hydrogens is 310 g/mol. The second kappa shape index (κ2) is 6.91. The van der Waals surface area contributed by atoms with Gasteiger partial charge in [0.1, 0.15) is 0 Å². The van der Waals surface area contributed by atoms with Crippen LogP contribution in [-0.4, -0.2) is 28.1 Å². The molecule has 0 fully saturated rings. The van der Waals surface area contributed by atoms with Crippen LogP contribution in [0.1, 0.15) is 31.7 Å². The molecule has 0 amide bonds. The van der Waals surface area contributed by atoms with Gasteiger partial charge in [0.2, 0.25) is 11.9 Å². The Kier molecular flexibility index (Phi) is 5.19. The average Bonchev–Trinajstić information content (AvgIpc) is 2.84. The van der Waals surface area contributed by atoms with Crippen LogP contribution in [0, 0.1) is 0 Å². The van der Waals surface area contributed by atoms with E-state index >= 15 is 0 Å². The highest BCUT2D eigenvalue weighted by atomic mass is 35.5. The summed E-state index contributed by atoms with van der Waals surface area (Å²) in [4.78, 5) is 13.8. The van der Waals surface area contributed by atoms with Crippen LogP contribution < -0.4 is 15.4 Å². The first-order valence-electron chi connectivity index (χ1n) is 6.60. The van der Waals surface area contributed by atoms with Crippen LogP contribution in [0.3, 0.4) is 0 Å². The molecule has 2 aromatic rings. The van der Waals surface area contributed by atoms with E-state index in [1.54, 1.807) is 7.05 Å². The van der Waals surface area contributed by atoms with Crippen LogP contribution in [-0.2, 0) is 0 Å². The molecule has 0 aromatic carbocycles. The van der Waals surface area contributed by atoms with Crippen molar-refractivity contribution >= 4 is 34.8 Å². The van der Waals surface area contributed by atoms with Gasteiger partial charge in [0.25, 0.3) is 0 Å². The molecule has 2 heterocycles. The lowest BCUT2D eigenvalue weighted by molar-refractivity contribution is 0.222. The molecule has 114 valence electrons. The number of hydrogen-bond donors (Lipinski definition) is 2. The van der Waals surface area contributed by atoms with Gasteiger partial charge in [-0.2, -0.15) is 15.0 Å². The first-order valence-corrected chi connectivity index (χ1v) is 7.79. The van der Waals surface area contributed by atoms with E-state index in [4.69, 9.17) is 16.3 Å². The van der Waals surface area contributed by atoms with Gasteiger partial charge in [0, 0.05) is 11.9 Å². The van der Waals surface area contributed by atoms with Gasteiger partial charge in [-0.1, -0.05) is 11.6 Å². The molecule has 0 radical (unpaired) electrons. The first-order chi connectivity index (χ1) is 9.97. The van der Waals surface area contributed by atoms with E-state index in [9.17, 15) is 0 Å². The minimum atomic E-state index is -0.00141. The third-order valence-corrected chi connectivity index (χ3v) is 3.96. The maximum atomic E-state index is 5.96. The summed E-state index contributed by atoms with van der Waals surface area (Å²) in [6, 6.07) is 4.19. The molecule has 2 rings (SSSR count). The largest absolute Gasteiger partial charge is 0.461 e. The van der Waals surface area contributed by atoms with Gasteiger partial charge in [-0.3, -0.25) is 0 Å². The summed E-state index contributed by atoms with van der Waals surface area (Å²) in [5.41, 5.74) is 0. The molecule has 0 bridgehead atoms. The highest BCUT2D eigenvalue weighted by molar-refractivity contribution is 7.16. The van der Waals surface area contributed by atoms with E-state index in [0.717, 1.165) is 9.21 Å². The van der Waals surface area contributed by atoms with Crippen molar-refractivity contribution in [1.82, 2.24) is 15.0 Å². The number of rotatable bonds is 6. The molecule has 0 saturated carbocycles. The van der Waals surface area contributed by atoms with Crippen LogP contribution in [0.15, 0.2) is 12.1 Å². The molecule has 0 saturated heterocycles. The van der Waals surface area contributed by atoms with Crippen molar-refractivity contribution in [3.05, 3.63) is 21.3 Å². The van der Waals surface area contributed by atoms with Crippen LogP contribution in [0.4, 0.5) is 11.9 Å². The third-order valence-electron chi connectivity index (χ3n) is 2.55. The number of hydrogen-bond acceptors (Lipinski definition) is 7. The number of aromatic nitrogens is 3. The van der Waals surface area contributed by atoms with Crippen molar-refractivity contribution in [3.8, 4) is 6.01 Å². The zero-order chi connectivity index (χ0) is 15.4. The second-order valence-corrected chi connectivity index (χ2v) is 6.44. The van der Waals surface area contributed by atoms with Gasteiger partial charge in [-0.05, 0) is 32.9 Å². The maximum Gasteiger partial charge on any atom is 0.323 e. The quantitative estimate of drug-likeness (QED) is 0.844. The Bertz CT molecular complexity index is 604. The zero-order valence-corrected chi connectivity index (χ0v) is 13.9. The topological polar surface area (TPSA) is 72.0 Å². The summed E-state index contributed by atoms with van der Waals surface area (Å²) < 4.78 is 6.29. The Morgan fingerprint density at radius 3 is 2.43 bits per heavy atom. The molecule has 0 aliphatic rings. The standard InChI is InChI=1S/C13H18ClN5OS/c1-7(2)20-13-18-11(15-4)17-12(19-13)16-8(3)9-5-6-10(14)21-9/h5-8H,1-4H3,(H2,15,16,17,18,19). The number of ether oxygens (including phenoxy) is 1. The molecule has 8 heteroatoms. The number of anilines is 2. The molecule has 0 aliphatic carbocycles. The summed E-state index contributed by atoms with van der Waals surface area (Å²) in [6.45, 7) is 5.87. The van der Waals surface area contributed by atoms with E-state index in [2.05, 4.69) is 25.6 Å². The van der Waals surface area contributed by atoms with Gasteiger partial charge < -0.3 is 15.4 Å². The van der Waals surface area contributed by atoms with Crippen molar-refractivity contribution in [3.63, 3.8) is 0 Å². The fraction of sp³-hybridized carbons (Fsp3) is 0.462. The normalized spacial score (nSPS) is 12.3. The monoisotopic (exact) mass is 327 g/mol. The zero-order valence-electron chi connectivity index (χ0n) is 12.3. The Balaban J connectivity index is 2.18. The molecule has 1 unspecified atom stereocenters. The van der Waals surface area contributed by atoms with E-state index in [1.165, 1.54) is 11.3 Å². The van der Waals surface area contributed by atoms with Gasteiger partial charge >= 0.3 is 6.01 Å². The van der Waals surface area contributed by atoms with Crippen molar-refractivity contribution in [2.45, 2.75) is 32.9 Å². The lowest BCUT2D eigenvalue weighted by atomic mass is 10.3. The summed E-state index contributed by atoms with van der Waals surface area (Å²) in [6.07, 6.45) is -0.00141.